The Morgan fingerprint density at radius 3 is 2.33 bits per heavy atom. The number of pyridine rings is 2. The lowest BCUT2D eigenvalue weighted by Gasteiger charge is -2.11. The molecule has 0 fully saturated rings. The molecular formula is C29H19BrN4OS. The summed E-state index contributed by atoms with van der Waals surface area (Å²) in [6, 6.07) is 32.1. The number of nitrogens with one attached hydrogen (secondary N) is 1. The Kier molecular flexibility index (Phi) is 6.15. The van der Waals surface area contributed by atoms with Gasteiger partial charge in [0, 0.05) is 29.4 Å². The maximum absolute atomic E-state index is 6.28. The molecule has 6 rings (SSSR count). The van der Waals surface area contributed by atoms with Gasteiger partial charge in [0.05, 0.1) is 20.6 Å². The molecule has 6 aromatic rings. The molecular weight excluding hydrogens is 532 g/mol. The Morgan fingerprint density at radius 2 is 1.53 bits per heavy atom. The summed E-state index contributed by atoms with van der Waals surface area (Å²) in [4.78, 5) is 15.0. The molecule has 0 bridgehead atoms. The Hall–Kier alpha value is -4.07. The standard InChI is InChI=1S/C29H19BrN4OS/c30-22-18-32-26(17-25(22)35-24-15-7-14-23-21(24)13-8-16-31-23)33-29-34-27(19-9-3-1-4-10-19)28(36-29)20-11-5-2-6-12-20/h1-18H,(H,32,33,34). The minimum absolute atomic E-state index is 0.638. The molecule has 5 nitrogen and oxygen atoms in total. The van der Waals surface area contributed by atoms with Gasteiger partial charge in [0.1, 0.15) is 17.3 Å². The highest BCUT2D eigenvalue weighted by molar-refractivity contribution is 9.10. The molecule has 0 spiro atoms. The second-order valence-electron chi connectivity index (χ2n) is 7.98. The number of hydrogen-bond donors (Lipinski definition) is 1. The molecule has 174 valence electrons. The summed E-state index contributed by atoms with van der Waals surface area (Å²) in [7, 11) is 0. The molecule has 0 unspecified atom stereocenters. The van der Waals surface area contributed by atoms with Crippen molar-refractivity contribution >= 4 is 49.1 Å². The predicted molar refractivity (Wildman–Crippen MR) is 150 cm³/mol. The van der Waals surface area contributed by atoms with Crippen LogP contribution in [0, 0.1) is 0 Å². The first-order chi connectivity index (χ1) is 17.7. The number of ether oxygens (including phenoxy) is 1. The van der Waals surface area contributed by atoms with E-state index < -0.39 is 0 Å². The molecule has 1 N–H and O–H groups in total. The molecule has 0 atom stereocenters. The number of anilines is 2. The van der Waals surface area contributed by atoms with Crippen molar-refractivity contribution in [3.63, 3.8) is 0 Å². The quantitative estimate of drug-likeness (QED) is 0.224. The maximum Gasteiger partial charge on any atom is 0.189 e. The van der Waals surface area contributed by atoms with Crippen molar-refractivity contribution in [3.8, 4) is 33.2 Å². The summed E-state index contributed by atoms with van der Waals surface area (Å²) in [6.07, 6.45) is 3.50. The first-order valence-electron chi connectivity index (χ1n) is 11.3. The van der Waals surface area contributed by atoms with Crippen LogP contribution in [0.5, 0.6) is 11.5 Å². The fraction of sp³-hybridized carbons (Fsp3) is 0. The van der Waals surface area contributed by atoms with Gasteiger partial charge < -0.3 is 10.1 Å². The first-order valence-corrected chi connectivity index (χ1v) is 12.9. The van der Waals surface area contributed by atoms with E-state index in [0.717, 1.165) is 48.0 Å². The smallest absolute Gasteiger partial charge is 0.189 e. The third kappa shape index (κ3) is 4.58. The number of thiazole rings is 1. The van der Waals surface area contributed by atoms with Gasteiger partial charge in [-0.1, -0.05) is 78.1 Å². The summed E-state index contributed by atoms with van der Waals surface area (Å²) in [5.74, 6) is 2.01. The number of hydrogen-bond acceptors (Lipinski definition) is 6. The van der Waals surface area contributed by atoms with E-state index in [-0.39, 0.29) is 0 Å². The molecule has 0 aliphatic carbocycles. The van der Waals surface area contributed by atoms with Gasteiger partial charge in [-0.25, -0.2) is 9.97 Å². The Morgan fingerprint density at radius 1 is 0.750 bits per heavy atom. The molecule has 0 aliphatic heterocycles. The Balaban J connectivity index is 1.34. The molecule has 0 radical (unpaired) electrons. The summed E-state index contributed by atoms with van der Waals surface area (Å²) < 4.78 is 7.04. The largest absolute Gasteiger partial charge is 0.455 e. The van der Waals surface area contributed by atoms with E-state index in [9.17, 15) is 0 Å². The third-order valence-electron chi connectivity index (χ3n) is 5.59. The number of rotatable bonds is 6. The lowest BCUT2D eigenvalue weighted by Crippen LogP contribution is -1.95. The number of benzene rings is 3. The van der Waals surface area contributed by atoms with Crippen LogP contribution in [-0.2, 0) is 0 Å². The van der Waals surface area contributed by atoms with E-state index in [4.69, 9.17) is 9.72 Å². The zero-order valence-electron chi connectivity index (χ0n) is 18.9. The summed E-state index contributed by atoms with van der Waals surface area (Å²) in [5.41, 5.74) is 4.01. The minimum Gasteiger partial charge on any atom is -0.455 e. The average molecular weight is 551 g/mol. The summed E-state index contributed by atoms with van der Waals surface area (Å²) in [6.45, 7) is 0. The van der Waals surface area contributed by atoms with Gasteiger partial charge in [-0.2, -0.15) is 0 Å². The number of nitrogens with zero attached hydrogens (tertiary/aromatic N) is 3. The maximum atomic E-state index is 6.28. The SMILES string of the molecule is Brc1cnc(Nc2nc(-c3ccccc3)c(-c3ccccc3)s2)cc1Oc1cccc2ncccc12. The molecule has 0 saturated carbocycles. The van der Waals surface area contributed by atoms with Crippen LogP contribution in [-0.4, -0.2) is 15.0 Å². The van der Waals surface area contributed by atoms with Crippen molar-refractivity contribution < 1.29 is 4.74 Å². The van der Waals surface area contributed by atoms with Gasteiger partial charge in [-0.15, -0.1) is 0 Å². The fourth-order valence-electron chi connectivity index (χ4n) is 3.91. The number of aromatic nitrogens is 3. The molecule has 36 heavy (non-hydrogen) atoms. The van der Waals surface area contributed by atoms with E-state index in [1.807, 2.05) is 72.8 Å². The van der Waals surface area contributed by atoms with E-state index in [1.54, 1.807) is 23.7 Å². The van der Waals surface area contributed by atoms with Crippen molar-refractivity contribution in [1.29, 1.82) is 0 Å². The minimum atomic E-state index is 0.638. The van der Waals surface area contributed by atoms with Crippen molar-refractivity contribution in [2.45, 2.75) is 0 Å². The molecule has 3 aromatic carbocycles. The highest BCUT2D eigenvalue weighted by Gasteiger charge is 2.16. The number of fused-ring (bicyclic) bond motifs is 1. The normalized spacial score (nSPS) is 10.9. The van der Waals surface area contributed by atoms with E-state index in [1.165, 1.54) is 0 Å². The zero-order chi connectivity index (χ0) is 24.3. The van der Waals surface area contributed by atoms with Gasteiger partial charge >= 0.3 is 0 Å². The molecule has 0 amide bonds. The van der Waals surface area contributed by atoms with Crippen LogP contribution in [0.15, 0.2) is 114 Å². The second kappa shape index (κ2) is 9.89. The Labute approximate surface area is 220 Å². The van der Waals surface area contributed by atoms with E-state index >= 15 is 0 Å². The van der Waals surface area contributed by atoms with Gasteiger partial charge in [0.25, 0.3) is 0 Å². The third-order valence-corrected chi connectivity index (χ3v) is 7.21. The molecule has 7 heteroatoms. The van der Waals surface area contributed by atoms with E-state index in [2.05, 4.69) is 55.5 Å². The van der Waals surface area contributed by atoms with Gasteiger partial charge in [-0.05, 0) is 45.8 Å². The van der Waals surface area contributed by atoms with Crippen LogP contribution in [0.25, 0.3) is 32.6 Å². The van der Waals surface area contributed by atoms with Crippen LogP contribution < -0.4 is 10.1 Å². The Bertz CT molecular complexity index is 1590. The van der Waals surface area contributed by atoms with Crippen molar-refractivity contribution in [2.24, 2.45) is 0 Å². The highest BCUT2D eigenvalue weighted by Crippen LogP contribution is 2.40. The van der Waals surface area contributed by atoms with Crippen molar-refractivity contribution in [2.75, 3.05) is 5.32 Å². The van der Waals surface area contributed by atoms with Gasteiger partial charge in [0.2, 0.25) is 0 Å². The van der Waals surface area contributed by atoms with Gasteiger partial charge in [-0.3, -0.25) is 4.98 Å². The van der Waals surface area contributed by atoms with Crippen molar-refractivity contribution in [3.05, 3.63) is 114 Å². The first kappa shape index (κ1) is 22.4. The van der Waals surface area contributed by atoms with Crippen LogP contribution in [0.1, 0.15) is 0 Å². The lowest BCUT2D eigenvalue weighted by atomic mass is 10.1. The lowest BCUT2D eigenvalue weighted by molar-refractivity contribution is 0.484. The van der Waals surface area contributed by atoms with Gasteiger partial charge in [0.15, 0.2) is 5.13 Å². The van der Waals surface area contributed by atoms with Crippen molar-refractivity contribution in [1.82, 2.24) is 15.0 Å². The zero-order valence-corrected chi connectivity index (χ0v) is 21.3. The molecule has 3 aromatic heterocycles. The van der Waals surface area contributed by atoms with E-state index in [0.29, 0.717) is 11.6 Å². The van der Waals surface area contributed by atoms with Crippen LogP contribution in [0.3, 0.4) is 0 Å². The second-order valence-corrected chi connectivity index (χ2v) is 9.84. The molecule has 0 aliphatic rings. The fourth-order valence-corrected chi connectivity index (χ4v) is 5.21. The van der Waals surface area contributed by atoms with Crippen LogP contribution in [0.2, 0.25) is 0 Å². The van der Waals surface area contributed by atoms with Crippen LogP contribution in [0.4, 0.5) is 10.9 Å². The average Bonchev–Trinajstić information content (AvgIpc) is 3.35. The monoisotopic (exact) mass is 550 g/mol. The molecule has 0 saturated heterocycles. The summed E-state index contributed by atoms with van der Waals surface area (Å²) >= 11 is 5.17. The topological polar surface area (TPSA) is 59.9 Å². The predicted octanol–water partition coefficient (Wildman–Crippen LogP) is 8.72. The van der Waals surface area contributed by atoms with Crippen LogP contribution >= 0.6 is 27.3 Å². The summed E-state index contributed by atoms with van der Waals surface area (Å²) in [5, 5.41) is 5.07. The molecule has 3 heterocycles. The number of halogens is 1. The highest BCUT2D eigenvalue weighted by atomic mass is 79.9.